The third kappa shape index (κ3) is 14.7. The molecule has 2 atom stereocenters. The summed E-state index contributed by atoms with van der Waals surface area (Å²) < 4.78 is 0. The Morgan fingerprint density at radius 1 is 0.654 bits per heavy atom. The first-order chi connectivity index (χ1) is 12.6. The first kappa shape index (κ1) is 25.6. The van der Waals surface area contributed by atoms with E-state index in [4.69, 9.17) is 0 Å². The third-order valence-electron chi connectivity index (χ3n) is 5.35. The largest absolute Gasteiger partial charge is 0.311 e. The Morgan fingerprint density at radius 3 is 1.31 bits per heavy atom. The molecule has 0 aromatic rings. The summed E-state index contributed by atoms with van der Waals surface area (Å²) in [7, 11) is 0. The van der Waals surface area contributed by atoms with Crippen LogP contribution in [0.5, 0.6) is 0 Å². The summed E-state index contributed by atoms with van der Waals surface area (Å²) >= 11 is 0. The highest BCUT2D eigenvalue weighted by molar-refractivity contribution is 4.87. The minimum absolute atomic E-state index is 0.599. The molecule has 0 rings (SSSR count). The van der Waals surface area contributed by atoms with Crippen molar-refractivity contribution in [3.63, 3.8) is 0 Å². The Kier molecular flexibility index (Phi) is 17.7. The highest BCUT2D eigenvalue weighted by Crippen LogP contribution is 2.00. The second-order valence-corrected chi connectivity index (χ2v) is 7.43. The maximum absolute atomic E-state index is 3.60. The molecular formula is C22H48N4. The first-order valence-electron chi connectivity index (χ1n) is 11.1. The van der Waals surface area contributed by atoms with Crippen molar-refractivity contribution in [1.82, 2.24) is 20.4 Å². The van der Waals surface area contributed by atoms with E-state index in [1.165, 1.54) is 65.0 Å². The molecular weight excluding hydrogens is 320 g/mol. The molecule has 0 heterocycles. The smallest absolute Gasteiger partial charge is 0.0137 e. The summed E-state index contributed by atoms with van der Waals surface area (Å²) in [4.78, 5) is 5.00. The van der Waals surface area contributed by atoms with Crippen molar-refractivity contribution in [3.8, 4) is 0 Å². The molecule has 0 saturated heterocycles. The summed E-state index contributed by atoms with van der Waals surface area (Å²) in [6.07, 6.45) is 9.60. The van der Waals surface area contributed by atoms with Gasteiger partial charge in [-0.1, -0.05) is 39.8 Å². The molecule has 0 aliphatic rings. The SMILES string of the molecule is CCN(CC)CCC[C@H](C)NC/C=C/CN[C@@H](C)CCCN(CC)CC. The van der Waals surface area contributed by atoms with Crippen molar-refractivity contribution in [1.29, 1.82) is 0 Å². The van der Waals surface area contributed by atoms with Crippen molar-refractivity contribution in [2.75, 3.05) is 52.4 Å². The summed E-state index contributed by atoms with van der Waals surface area (Å²) in [5.41, 5.74) is 0. The quantitative estimate of drug-likeness (QED) is 0.361. The van der Waals surface area contributed by atoms with Gasteiger partial charge < -0.3 is 20.4 Å². The summed E-state index contributed by atoms with van der Waals surface area (Å²) in [6.45, 7) is 22.7. The molecule has 0 saturated carbocycles. The van der Waals surface area contributed by atoms with Crippen LogP contribution in [-0.4, -0.2) is 74.2 Å². The van der Waals surface area contributed by atoms with E-state index in [1.807, 2.05) is 0 Å². The van der Waals surface area contributed by atoms with E-state index in [0.717, 1.165) is 13.1 Å². The van der Waals surface area contributed by atoms with Gasteiger partial charge >= 0.3 is 0 Å². The van der Waals surface area contributed by atoms with Crippen molar-refractivity contribution in [2.24, 2.45) is 0 Å². The first-order valence-corrected chi connectivity index (χ1v) is 11.1. The van der Waals surface area contributed by atoms with Gasteiger partial charge in [0.1, 0.15) is 0 Å². The lowest BCUT2D eigenvalue weighted by molar-refractivity contribution is 0.291. The van der Waals surface area contributed by atoms with E-state index >= 15 is 0 Å². The zero-order valence-electron chi connectivity index (χ0n) is 18.7. The average Bonchev–Trinajstić information content (AvgIpc) is 2.65. The van der Waals surface area contributed by atoms with E-state index in [-0.39, 0.29) is 0 Å². The molecule has 0 unspecified atom stereocenters. The van der Waals surface area contributed by atoms with Crippen molar-refractivity contribution in [3.05, 3.63) is 12.2 Å². The van der Waals surface area contributed by atoms with Crippen LogP contribution in [0.2, 0.25) is 0 Å². The van der Waals surface area contributed by atoms with Crippen LogP contribution in [0, 0.1) is 0 Å². The van der Waals surface area contributed by atoms with Gasteiger partial charge in [-0.05, 0) is 78.8 Å². The van der Waals surface area contributed by atoms with Crippen LogP contribution in [0.4, 0.5) is 0 Å². The number of nitrogens with zero attached hydrogens (tertiary/aromatic N) is 2. The molecule has 0 aromatic heterocycles. The fourth-order valence-corrected chi connectivity index (χ4v) is 3.23. The van der Waals surface area contributed by atoms with Crippen LogP contribution in [-0.2, 0) is 0 Å². The molecule has 0 radical (unpaired) electrons. The highest BCUT2D eigenvalue weighted by atomic mass is 15.1. The second-order valence-electron chi connectivity index (χ2n) is 7.43. The molecule has 0 amide bonds. The zero-order valence-corrected chi connectivity index (χ0v) is 18.7. The normalized spacial score (nSPS) is 14.6. The molecule has 0 aliphatic carbocycles. The molecule has 26 heavy (non-hydrogen) atoms. The van der Waals surface area contributed by atoms with Gasteiger partial charge in [0, 0.05) is 25.2 Å². The van der Waals surface area contributed by atoms with Gasteiger partial charge in [0.15, 0.2) is 0 Å². The van der Waals surface area contributed by atoms with Gasteiger partial charge in [-0.25, -0.2) is 0 Å². The minimum Gasteiger partial charge on any atom is -0.311 e. The average molecular weight is 369 g/mol. The Morgan fingerprint density at radius 2 is 1.00 bits per heavy atom. The molecule has 0 aromatic carbocycles. The predicted molar refractivity (Wildman–Crippen MR) is 118 cm³/mol. The molecule has 4 nitrogen and oxygen atoms in total. The van der Waals surface area contributed by atoms with E-state index < -0.39 is 0 Å². The van der Waals surface area contributed by atoms with Gasteiger partial charge in [0.25, 0.3) is 0 Å². The van der Waals surface area contributed by atoms with Crippen molar-refractivity contribution >= 4 is 0 Å². The number of nitrogens with one attached hydrogen (secondary N) is 2. The van der Waals surface area contributed by atoms with Crippen LogP contribution in [0.1, 0.15) is 67.2 Å². The molecule has 2 N–H and O–H groups in total. The third-order valence-corrected chi connectivity index (χ3v) is 5.35. The molecule has 0 spiro atoms. The lowest BCUT2D eigenvalue weighted by Gasteiger charge is -2.19. The molecule has 0 fully saturated rings. The molecule has 4 heteroatoms. The van der Waals surface area contributed by atoms with Gasteiger partial charge in [0.2, 0.25) is 0 Å². The standard InChI is InChI=1S/C22H48N4/c1-7-25(8-2)19-13-15-21(5)23-17-11-12-18-24-22(6)16-14-20-26(9-3)10-4/h11-12,21-24H,7-10,13-20H2,1-6H3/b12-11+/t21-,22-/m0/s1. The van der Waals surface area contributed by atoms with E-state index in [9.17, 15) is 0 Å². The summed E-state index contributed by atoms with van der Waals surface area (Å²) in [5.74, 6) is 0. The van der Waals surface area contributed by atoms with E-state index in [2.05, 4.69) is 74.1 Å². The Balaban J connectivity index is 3.59. The summed E-state index contributed by atoms with van der Waals surface area (Å²) in [6, 6.07) is 1.20. The fraction of sp³-hybridized carbons (Fsp3) is 0.909. The van der Waals surface area contributed by atoms with Gasteiger partial charge in [-0.15, -0.1) is 0 Å². The molecule has 0 aliphatic heterocycles. The van der Waals surface area contributed by atoms with E-state index in [1.54, 1.807) is 0 Å². The Bertz CT molecular complexity index is 281. The van der Waals surface area contributed by atoms with Gasteiger partial charge in [-0.2, -0.15) is 0 Å². The summed E-state index contributed by atoms with van der Waals surface area (Å²) in [5, 5.41) is 7.20. The maximum Gasteiger partial charge on any atom is 0.0137 e. The lowest BCUT2D eigenvalue weighted by atomic mass is 10.1. The van der Waals surface area contributed by atoms with Crippen LogP contribution in [0.3, 0.4) is 0 Å². The second kappa shape index (κ2) is 18.0. The fourth-order valence-electron chi connectivity index (χ4n) is 3.23. The topological polar surface area (TPSA) is 30.5 Å². The van der Waals surface area contributed by atoms with Crippen LogP contribution in [0.15, 0.2) is 12.2 Å². The van der Waals surface area contributed by atoms with Gasteiger partial charge in [-0.3, -0.25) is 0 Å². The van der Waals surface area contributed by atoms with Crippen molar-refractivity contribution in [2.45, 2.75) is 79.3 Å². The zero-order chi connectivity index (χ0) is 19.6. The predicted octanol–water partition coefficient (Wildman–Crippen LogP) is 3.74. The van der Waals surface area contributed by atoms with Crippen LogP contribution < -0.4 is 10.6 Å². The van der Waals surface area contributed by atoms with Crippen molar-refractivity contribution < 1.29 is 0 Å². The lowest BCUT2D eigenvalue weighted by Crippen LogP contribution is -2.30. The monoisotopic (exact) mass is 368 g/mol. The Hall–Kier alpha value is -0.420. The number of hydrogen-bond donors (Lipinski definition) is 2. The Labute approximate surface area is 164 Å². The van der Waals surface area contributed by atoms with Gasteiger partial charge in [0.05, 0.1) is 0 Å². The highest BCUT2D eigenvalue weighted by Gasteiger charge is 2.04. The molecule has 156 valence electrons. The number of rotatable bonds is 18. The number of hydrogen-bond acceptors (Lipinski definition) is 4. The van der Waals surface area contributed by atoms with E-state index in [0.29, 0.717) is 12.1 Å². The van der Waals surface area contributed by atoms with Crippen LogP contribution in [0.25, 0.3) is 0 Å². The molecule has 0 bridgehead atoms. The van der Waals surface area contributed by atoms with Crippen LogP contribution >= 0.6 is 0 Å². The minimum atomic E-state index is 0.599. The maximum atomic E-state index is 3.60.